The van der Waals surface area contributed by atoms with E-state index in [0.717, 1.165) is 0 Å². The molecule has 3 aromatic rings. The lowest BCUT2D eigenvalue weighted by Crippen LogP contribution is -2.19. The standard InChI is InChI=1S/C15H8Cl4N4OS/c16-7-1-3-9(10(18)5-7)13-22-23-15(25-13)21-14(24)20-12-4-2-8(17)6-11(12)19/h1-6H,(H2,20,21,23,24). The Balaban J connectivity index is 1.71. The van der Waals surface area contributed by atoms with Gasteiger partial charge in [-0.1, -0.05) is 57.7 Å². The minimum absolute atomic E-state index is 0.309. The number of aromatic nitrogens is 2. The second kappa shape index (κ2) is 7.76. The molecule has 1 aromatic heterocycles. The van der Waals surface area contributed by atoms with E-state index < -0.39 is 6.03 Å². The molecular formula is C15H8Cl4N4OS. The molecule has 2 amide bonds. The summed E-state index contributed by atoms with van der Waals surface area (Å²) in [6, 6.07) is 9.30. The number of carbonyl (C=O) groups excluding carboxylic acids is 1. The first-order valence-electron chi connectivity index (χ1n) is 6.74. The number of nitrogens with one attached hydrogen (secondary N) is 2. The second-order valence-corrected chi connectivity index (χ2v) is 7.40. The smallest absolute Gasteiger partial charge is 0.306 e. The fourth-order valence-corrected chi connectivity index (χ4v) is 3.67. The second-order valence-electron chi connectivity index (χ2n) is 4.74. The van der Waals surface area contributed by atoms with Crippen LogP contribution in [0, 0.1) is 0 Å². The Labute approximate surface area is 166 Å². The number of halogens is 4. The fraction of sp³-hybridized carbons (Fsp3) is 0. The van der Waals surface area contributed by atoms with Crippen molar-refractivity contribution in [3.63, 3.8) is 0 Å². The predicted molar refractivity (Wildman–Crippen MR) is 104 cm³/mol. The third-order valence-electron chi connectivity index (χ3n) is 2.99. The molecule has 1 heterocycles. The SMILES string of the molecule is O=C(Nc1nnc(-c2ccc(Cl)cc2Cl)s1)Nc1ccc(Cl)cc1Cl. The van der Waals surface area contributed by atoms with Gasteiger partial charge < -0.3 is 5.32 Å². The zero-order valence-electron chi connectivity index (χ0n) is 12.2. The minimum atomic E-state index is -0.505. The van der Waals surface area contributed by atoms with Gasteiger partial charge in [-0.2, -0.15) is 0 Å². The van der Waals surface area contributed by atoms with Gasteiger partial charge in [-0.25, -0.2) is 4.79 Å². The molecule has 128 valence electrons. The molecule has 0 spiro atoms. The molecule has 0 bridgehead atoms. The third-order valence-corrected chi connectivity index (χ3v) is 4.95. The number of amides is 2. The quantitative estimate of drug-likeness (QED) is 0.497. The summed E-state index contributed by atoms with van der Waals surface area (Å²) in [7, 11) is 0. The van der Waals surface area contributed by atoms with E-state index in [0.29, 0.717) is 41.5 Å². The summed E-state index contributed by atoms with van der Waals surface area (Å²) in [6.07, 6.45) is 0. The van der Waals surface area contributed by atoms with E-state index in [-0.39, 0.29) is 0 Å². The molecule has 0 saturated carbocycles. The van der Waals surface area contributed by atoms with E-state index in [9.17, 15) is 4.79 Å². The maximum absolute atomic E-state index is 12.1. The van der Waals surface area contributed by atoms with Crippen LogP contribution in [-0.2, 0) is 0 Å². The van der Waals surface area contributed by atoms with Crippen molar-refractivity contribution in [3.8, 4) is 10.6 Å². The van der Waals surface area contributed by atoms with Gasteiger partial charge in [0.25, 0.3) is 0 Å². The van der Waals surface area contributed by atoms with Gasteiger partial charge in [-0.3, -0.25) is 5.32 Å². The average Bonchev–Trinajstić information content (AvgIpc) is 2.98. The molecule has 3 rings (SSSR count). The molecule has 25 heavy (non-hydrogen) atoms. The van der Waals surface area contributed by atoms with Crippen molar-refractivity contribution in [2.75, 3.05) is 10.6 Å². The predicted octanol–water partition coefficient (Wildman–Crippen LogP) is 6.46. The van der Waals surface area contributed by atoms with Crippen LogP contribution in [0.3, 0.4) is 0 Å². The number of carbonyl (C=O) groups is 1. The zero-order valence-corrected chi connectivity index (χ0v) is 16.0. The number of hydrogen-bond donors (Lipinski definition) is 2. The van der Waals surface area contributed by atoms with Crippen molar-refractivity contribution >= 4 is 74.6 Å². The molecule has 0 fully saturated rings. The van der Waals surface area contributed by atoms with E-state index in [1.54, 1.807) is 30.3 Å². The fourth-order valence-electron chi connectivity index (χ4n) is 1.89. The van der Waals surface area contributed by atoms with E-state index >= 15 is 0 Å². The van der Waals surface area contributed by atoms with Gasteiger partial charge in [-0.05, 0) is 36.4 Å². The van der Waals surface area contributed by atoms with E-state index in [4.69, 9.17) is 46.4 Å². The lowest BCUT2D eigenvalue weighted by atomic mass is 10.2. The van der Waals surface area contributed by atoms with Crippen LogP contribution < -0.4 is 10.6 Å². The first kappa shape index (κ1) is 18.2. The molecule has 0 saturated heterocycles. The molecule has 10 heteroatoms. The topological polar surface area (TPSA) is 66.9 Å². The first-order chi connectivity index (χ1) is 11.9. The minimum Gasteiger partial charge on any atom is -0.306 e. The third kappa shape index (κ3) is 4.54. The van der Waals surface area contributed by atoms with Crippen molar-refractivity contribution in [2.24, 2.45) is 0 Å². The molecule has 0 aliphatic heterocycles. The van der Waals surface area contributed by atoms with Gasteiger partial charge in [-0.15, -0.1) is 10.2 Å². The first-order valence-corrected chi connectivity index (χ1v) is 9.07. The summed E-state index contributed by atoms with van der Waals surface area (Å²) in [6.45, 7) is 0. The lowest BCUT2D eigenvalue weighted by molar-refractivity contribution is 0.262. The number of rotatable bonds is 3. The highest BCUT2D eigenvalue weighted by Crippen LogP contribution is 2.33. The van der Waals surface area contributed by atoms with E-state index in [1.807, 2.05) is 0 Å². The number of nitrogens with zero attached hydrogens (tertiary/aromatic N) is 2. The van der Waals surface area contributed by atoms with Gasteiger partial charge in [0.1, 0.15) is 0 Å². The Kier molecular flexibility index (Phi) is 5.66. The highest BCUT2D eigenvalue weighted by molar-refractivity contribution is 7.18. The Morgan fingerprint density at radius 1 is 0.880 bits per heavy atom. The van der Waals surface area contributed by atoms with Crippen molar-refractivity contribution in [2.45, 2.75) is 0 Å². The molecule has 2 aromatic carbocycles. The highest BCUT2D eigenvalue weighted by Gasteiger charge is 2.13. The molecule has 5 nitrogen and oxygen atoms in total. The van der Waals surface area contributed by atoms with Crippen molar-refractivity contribution in [3.05, 3.63) is 56.5 Å². The van der Waals surface area contributed by atoms with E-state index in [2.05, 4.69) is 20.8 Å². The van der Waals surface area contributed by atoms with Crippen LogP contribution in [0.15, 0.2) is 36.4 Å². The summed E-state index contributed by atoms with van der Waals surface area (Å²) in [5.74, 6) is 0. The molecule has 0 aliphatic carbocycles. The van der Waals surface area contributed by atoms with Crippen molar-refractivity contribution < 1.29 is 4.79 Å². The number of anilines is 2. The molecule has 0 radical (unpaired) electrons. The van der Waals surface area contributed by atoms with Gasteiger partial charge in [0.15, 0.2) is 5.01 Å². The zero-order chi connectivity index (χ0) is 18.0. The van der Waals surface area contributed by atoms with Crippen LogP contribution in [0.2, 0.25) is 20.1 Å². The summed E-state index contributed by atoms with van der Waals surface area (Å²) in [4.78, 5) is 12.1. The normalized spacial score (nSPS) is 10.6. The Bertz CT molecular complexity index is 947. The number of hydrogen-bond acceptors (Lipinski definition) is 4. The summed E-state index contributed by atoms with van der Waals surface area (Å²) in [5.41, 5.74) is 1.10. The summed E-state index contributed by atoms with van der Waals surface area (Å²) in [5, 5.41) is 15.8. The van der Waals surface area contributed by atoms with E-state index in [1.165, 1.54) is 17.4 Å². The largest absolute Gasteiger partial charge is 0.325 e. The Hall–Kier alpha value is -1.57. The number of benzene rings is 2. The van der Waals surface area contributed by atoms with Crippen LogP contribution in [0.25, 0.3) is 10.6 Å². The van der Waals surface area contributed by atoms with Crippen LogP contribution in [-0.4, -0.2) is 16.2 Å². The molecule has 0 unspecified atom stereocenters. The Morgan fingerprint density at radius 2 is 1.56 bits per heavy atom. The van der Waals surface area contributed by atoms with Gasteiger partial charge in [0.2, 0.25) is 5.13 Å². The van der Waals surface area contributed by atoms with Crippen LogP contribution in [0.5, 0.6) is 0 Å². The average molecular weight is 434 g/mol. The maximum Gasteiger partial charge on any atom is 0.325 e. The van der Waals surface area contributed by atoms with Crippen LogP contribution in [0.1, 0.15) is 0 Å². The van der Waals surface area contributed by atoms with Gasteiger partial charge in [0, 0.05) is 15.6 Å². The highest BCUT2D eigenvalue weighted by atomic mass is 35.5. The number of urea groups is 1. The van der Waals surface area contributed by atoms with Crippen LogP contribution in [0.4, 0.5) is 15.6 Å². The van der Waals surface area contributed by atoms with Crippen molar-refractivity contribution in [1.82, 2.24) is 10.2 Å². The van der Waals surface area contributed by atoms with Crippen molar-refractivity contribution in [1.29, 1.82) is 0 Å². The van der Waals surface area contributed by atoms with Gasteiger partial charge in [0.05, 0.1) is 15.7 Å². The lowest BCUT2D eigenvalue weighted by Gasteiger charge is -2.07. The summed E-state index contributed by atoms with van der Waals surface area (Å²) < 4.78 is 0. The molecule has 0 aliphatic rings. The summed E-state index contributed by atoms with van der Waals surface area (Å²) >= 11 is 25.0. The molecule has 0 atom stereocenters. The maximum atomic E-state index is 12.1. The van der Waals surface area contributed by atoms with Gasteiger partial charge >= 0.3 is 6.03 Å². The molecular weight excluding hydrogens is 426 g/mol. The Morgan fingerprint density at radius 3 is 2.24 bits per heavy atom. The molecule has 2 N–H and O–H groups in total. The van der Waals surface area contributed by atoms with Crippen LogP contribution >= 0.6 is 57.7 Å². The monoisotopic (exact) mass is 432 g/mol.